The quantitative estimate of drug-likeness (QED) is 0.326. The molecule has 2 N–H and O–H groups in total. The molecule has 1 saturated carbocycles. The van der Waals surface area contributed by atoms with Gasteiger partial charge in [-0.3, -0.25) is 14.5 Å². The van der Waals surface area contributed by atoms with Crippen molar-refractivity contribution in [3.63, 3.8) is 0 Å². The van der Waals surface area contributed by atoms with Crippen LogP contribution >= 0.6 is 0 Å². The molecular formula is C37H39N3O6. The average molecular weight is 622 g/mol. The smallest absolute Gasteiger partial charge is 0.340 e. The minimum absolute atomic E-state index is 0.0425. The zero-order valence-electron chi connectivity index (χ0n) is 26.3. The van der Waals surface area contributed by atoms with E-state index < -0.39 is 17.4 Å². The number of ether oxygens (including phenoxy) is 2. The van der Waals surface area contributed by atoms with Crippen LogP contribution in [0.25, 0.3) is 0 Å². The summed E-state index contributed by atoms with van der Waals surface area (Å²) < 4.78 is 12.2. The predicted molar refractivity (Wildman–Crippen MR) is 168 cm³/mol. The van der Waals surface area contributed by atoms with Crippen molar-refractivity contribution in [1.29, 1.82) is 0 Å². The summed E-state index contributed by atoms with van der Waals surface area (Å²) in [6.45, 7) is 4.19. The summed E-state index contributed by atoms with van der Waals surface area (Å²) in [7, 11) is 0. The SMILES string of the molecule is CCC/C=C1\OC(=O)C2=C1CC[C@H]1[C@@H]3CC[C@@]4(C(=C3[C@H]3c5ccnc(N)c5CC[C@@H]3N3C(=O)C=CC3=O)C(=O)O/C4=C\CCC)[C@@H]21. The Morgan fingerprint density at radius 2 is 1.74 bits per heavy atom. The molecule has 9 rings (SSSR count). The second kappa shape index (κ2) is 10.6. The molecule has 6 atom stereocenters. The molecule has 5 aliphatic carbocycles. The van der Waals surface area contributed by atoms with Gasteiger partial charge in [-0.15, -0.1) is 0 Å². The van der Waals surface area contributed by atoms with Crippen LogP contribution in [0.4, 0.5) is 5.82 Å². The standard InChI is InChI=1S/C37H39N3O6/c1-3-5-7-25-23-10-9-21-19-15-17-37(32(21)31(23)35(43)45-25)26(8-6-4-2)46-36(44)33(37)30(19)29-20-16-18-39-34(38)22(20)11-12-24(29)40-27(41)13-14-28(40)42/h7-8,13-14,16,18-19,21,24,29,32H,3-6,9-12,15,17H2,1-2H3,(H2,38,39)/b25-7-,26-8-/t19-,21-,24-,29-,32+,37-/m0/s1. The molecule has 2 bridgehead atoms. The molecule has 2 fully saturated rings. The number of imide groups is 1. The maximum Gasteiger partial charge on any atom is 0.340 e. The molecule has 0 aromatic carbocycles. The first-order valence-electron chi connectivity index (χ1n) is 16.9. The Morgan fingerprint density at radius 3 is 2.50 bits per heavy atom. The molecule has 2 amide bonds. The molecule has 1 saturated heterocycles. The number of cyclic esters (lactones) is 2. The van der Waals surface area contributed by atoms with Crippen LogP contribution in [0.2, 0.25) is 0 Å². The van der Waals surface area contributed by atoms with E-state index in [1.54, 1.807) is 6.20 Å². The number of nitrogen functional groups attached to an aromatic ring is 1. The van der Waals surface area contributed by atoms with E-state index in [0.29, 0.717) is 47.7 Å². The van der Waals surface area contributed by atoms with Gasteiger partial charge in [-0.05, 0) is 98.1 Å². The van der Waals surface area contributed by atoms with Crippen molar-refractivity contribution >= 4 is 29.6 Å². The molecule has 1 aromatic heterocycles. The van der Waals surface area contributed by atoms with E-state index in [1.165, 1.54) is 17.1 Å². The third-order valence-corrected chi connectivity index (χ3v) is 11.7. The third-order valence-electron chi connectivity index (χ3n) is 11.7. The number of hydrogen-bond acceptors (Lipinski definition) is 8. The largest absolute Gasteiger partial charge is 0.427 e. The minimum atomic E-state index is -0.820. The lowest BCUT2D eigenvalue weighted by molar-refractivity contribution is -0.140. The second-order valence-corrected chi connectivity index (χ2v) is 13.7. The Bertz CT molecular complexity index is 1740. The van der Waals surface area contributed by atoms with Crippen LogP contribution in [0.5, 0.6) is 0 Å². The lowest BCUT2D eigenvalue weighted by Crippen LogP contribution is -2.55. The van der Waals surface area contributed by atoms with E-state index >= 15 is 0 Å². The number of unbranched alkanes of at least 4 members (excludes halogenated alkanes) is 2. The maximum absolute atomic E-state index is 14.3. The normalized spacial score (nSPS) is 34.4. The van der Waals surface area contributed by atoms with Gasteiger partial charge in [-0.2, -0.15) is 0 Å². The number of esters is 2. The number of amides is 2. The maximum atomic E-state index is 14.3. The monoisotopic (exact) mass is 621 g/mol. The van der Waals surface area contributed by atoms with Crippen LogP contribution < -0.4 is 5.73 Å². The molecule has 0 radical (unpaired) electrons. The first-order chi connectivity index (χ1) is 22.3. The van der Waals surface area contributed by atoms with Gasteiger partial charge in [-0.1, -0.05) is 26.7 Å². The van der Waals surface area contributed by atoms with E-state index in [2.05, 4.69) is 24.9 Å². The summed E-state index contributed by atoms with van der Waals surface area (Å²) in [6, 6.07) is 1.45. The number of aromatic nitrogens is 1. The van der Waals surface area contributed by atoms with Crippen molar-refractivity contribution < 1.29 is 28.7 Å². The summed E-state index contributed by atoms with van der Waals surface area (Å²) in [4.78, 5) is 60.3. The summed E-state index contributed by atoms with van der Waals surface area (Å²) >= 11 is 0. The molecular weight excluding hydrogens is 582 g/mol. The Hall–Kier alpha value is -4.27. The summed E-state index contributed by atoms with van der Waals surface area (Å²) in [5.74, 6) is -0.270. The van der Waals surface area contributed by atoms with Crippen LogP contribution in [0.3, 0.4) is 0 Å². The first kappa shape index (κ1) is 29.2. The molecule has 8 aliphatic rings. The van der Waals surface area contributed by atoms with Crippen molar-refractivity contribution in [2.24, 2.45) is 23.2 Å². The molecule has 3 aliphatic heterocycles. The topological polar surface area (TPSA) is 129 Å². The van der Waals surface area contributed by atoms with Crippen LogP contribution in [-0.2, 0) is 35.1 Å². The number of pyridine rings is 1. The van der Waals surface area contributed by atoms with E-state index in [-0.39, 0.29) is 41.5 Å². The zero-order chi connectivity index (χ0) is 31.9. The van der Waals surface area contributed by atoms with Crippen molar-refractivity contribution in [1.82, 2.24) is 9.88 Å². The fourth-order valence-electron chi connectivity index (χ4n) is 10.1. The summed E-state index contributed by atoms with van der Waals surface area (Å²) in [5, 5.41) is 0. The van der Waals surface area contributed by atoms with Gasteiger partial charge in [0.25, 0.3) is 11.8 Å². The van der Waals surface area contributed by atoms with Gasteiger partial charge >= 0.3 is 11.9 Å². The zero-order valence-corrected chi connectivity index (χ0v) is 26.3. The van der Waals surface area contributed by atoms with Crippen LogP contribution in [-0.4, -0.2) is 39.7 Å². The van der Waals surface area contributed by atoms with Gasteiger partial charge in [-0.25, -0.2) is 14.6 Å². The molecule has 4 heterocycles. The first-order valence-corrected chi connectivity index (χ1v) is 16.9. The van der Waals surface area contributed by atoms with E-state index in [9.17, 15) is 19.2 Å². The highest BCUT2D eigenvalue weighted by molar-refractivity contribution is 6.13. The number of rotatable bonds is 6. The van der Waals surface area contributed by atoms with Gasteiger partial charge < -0.3 is 15.2 Å². The third kappa shape index (κ3) is 3.83. The summed E-state index contributed by atoms with van der Waals surface area (Å²) in [5.41, 5.74) is 10.7. The summed E-state index contributed by atoms with van der Waals surface area (Å²) in [6.07, 6.45) is 16.0. The van der Waals surface area contributed by atoms with E-state index in [0.717, 1.165) is 67.2 Å². The fourth-order valence-corrected chi connectivity index (χ4v) is 10.1. The number of carbonyl (C=O) groups is 4. The molecule has 9 nitrogen and oxygen atoms in total. The lowest BCUT2D eigenvalue weighted by Gasteiger charge is -2.58. The van der Waals surface area contributed by atoms with Crippen LogP contribution in [0.1, 0.15) is 88.7 Å². The predicted octanol–water partition coefficient (Wildman–Crippen LogP) is 5.50. The number of allylic oxidation sites excluding steroid dienone is 4. The number of fused-ring (bicyclic) bond motifs is 2. The lowest BCUT2D eigenvalue weighted by atomic mass is 9.43. The van der Waals surface area contributed by atoms with E-state index in [1.807, 2.05) is 12.1 Å². The Labute approximate surface area is 268 Å². The van der Waals surface area contributed by atoms with E-state index in [4.69, 9.17) is 15.2 Å². The Balaban J connectivity index is 1.39. The van der Waals surface area contributed by atoms with Crippen LogP contribution in [0.15, 0.2) is 70.4 Å². The number of carbonyl (C=O) groups excluding carboxylic acids is 4. The van der Waals surface area contributed by atoms with Gasteiger partial charge in [0.05, 0.1) is 17.0 Å². The molecule has 9 heteroatoms. The highest BCUT2D eigenvalue weighted by Gasteiger charge is 2.69. The number of hydrogen-bond donors (Lipinski definition) is 1. The van der Waals surface area contributed by atoms with Crippen molar-refractivity contribution in [3.8, 4) is 0 Å². The Kier molecular flexibility index (Phi) is 6.74. The molecule has 238 valence electrons. The number of anilines is 1. The number of nitrogens with two attached hydrogens (primary N) is 1. The minimum Gasteiger partial charge on any atom is -0.427 e. The number of nitrogens with zero attached hydrogens (tertiary/aromatic N) is 2. The second-order valence-electron chi connectivity index (χ2n) is 13.7. The van der Waals surface area contributed by atoms with Crippen molar-refractivity contribution in [2.75, 3.05) is 5.73 Å². The molecule has 1 spiro atoms. The van der Waals surface area contributed by atoms with Crippen molar-refractivity contribution in [3.05, 3.63) is 81.5 Å². The molecule has 46 heavy (non-hydrogen) atoms. The highest BCUT2D eigenvalue weighted by Crippen LogP contribution is 2.72. The average Bonchev–Trinajstić information content (AvgIpc) is 3.68. The Morgan fingerprint density at radius 1 is 0.978 bits per heavy atom. The molecule has 0 unspecified atom stereocenters. The van der Waals surface area contributed by atoms with Crippen molar-refractivity contribution in [2.45, 2.75) is 90.0 Å². The van der Waals surface area contributed by atoms with Gasteiger partial charge in [0, 0.05) is 41.3 Å². The highest BCUT2D eigenvalue weighted by atomic mass is 16.5. The van der Waals surface area contributed by atoms with Gasteiger partial charge in [0.2, 0.25) is 0 Å². The fraction of sp³-hybridized carbons (Fsp3) is 0.486. The molecule has 1 aromatic rings. The van der Waals surface area contributed by atoms with Gasteiger partial charge in [0.1, 0.15) is 17.3 Å². The van der Waals surface area contributed by atoms with Gasteiger partial charge in [0.15, 0.2) is 0 Å². The van der Waals surface area contributed by atoms with Crippen LogP contribution in [0, 0.1) is 23.2 Å².